The largest absolute Gasteiger partial charge is 0.317 e. The van der Waals surface area contributed by atoms with Crippen molar-refractivity contribution in [2.75, 3.05) is 4.90 Å². The molecule has 2 aromatic rings. The number of hydrogen-bond acceptors (Lipinski definition) is 1. The molecule has 0 saturated heterocycles. The second-order valence-electron chi connectivity index (χ2n) is 3.76. The van der Waals surface area contributed by atoms with Crippen LogP contribution in [-0.4, -0.2) is 6.41 Å². The highest BCUT2D eigenvalue weighted by atomic mass is 35.5. The molecule has 0 aromatic heterocycles. The molecule has 18 heavy (non-hydrogen) atoms. The van der Waals surface area contributed by atoms with Crippen molar-refractivity contribution >= 4 is 35.3 Å². The molecule has 0 bridgehead atoms. The van der Waals surface area contributed by atoms with Crippen LogP contribution in [0.4, 0.5) is 5.69 Å². The van der Waals surface area contributed by atoms with Crippen molar-refractivity contribution in [3.8, 4) is 0 Å². The summed E-state index contributed by atoms with van der Waals surface area (Å²) in [6.07, 6.45) is 1.90. The Morgan fingerprint density at radius 3 is 2.33 bits per heavy atom. The average molecular weight is 279 g/mol. The fraction of sp³-hybridized carbons (Fsp3) is 0.0714. The van der Waals surface area contributed by atoms with Crippen LogP contribution in [0, 0.1) is 0 Å². The van der Waals surface area contributed by atoms with Crippen LogP contribution in [0.25, 0.3) is 0 Å². The van der Waals surface area contributed by atoms with Crippen molar-refractivity contribution in [2.24, 2.45) is 0 Å². The van der Waals surface area contributed by atoms with Crippen LogP contribution in [0.1, 0.15) is 5.56 Å². The van der Waals surface area contributed by atoms with Gasteiger partial charge >= 0.3 is 6.41 Å². The maximum Gasteiger partial charge on any atom is 0.317 e. The third-order valence-corrected chi connectivity index (χ3v) is 3.25. The summed E-state index contributed by atoms with van der Waals surface area (Å²) in [6.45, 7) is 0.447. The minimum absolute atomic E-state index is 0.419. The Kier molecular flexibility index (Phi) is 4.24. The summed E-state index contributed by atoms with van der Waals surface area (Å²) in [5.74, 6) is 0. The van der Waals surface area contributed by atoms with Gasteiger partial charge in [0.15, 0.2) is 0 Å². The zero-order valence-corrected chi connectivity index (χ0v) is 10.9. The minimum atomic E-state index is 0.419. The average Bonchev–Trinajstić information content (AvgIpc) is 2.40. The maximum atomic E-state index is 11.0. The van der Waals surface area contributed by atoms with Gasteiger partial charge in [0.05, 0.1) is 16.6 Å². The summed E-state index contributed by atoms with van der Waals surface area (Å²) in [4.78, 5) is 12.5. The third kappa shape index (κ3) is 3.03. The van der Waals surface area contributed by atoms with Crippen molar-refractivity contribution in [2.45, 2.75) is 6.54 Å². The van der Waals surface area contributed by atoms with E-state index in [4.69, 9.17) is 23.2 Å². The lowest BCUT2D eigenvalue weighted by atomic mass is 10.2. The van der Waals surface area contributed by atoms with E-state index in [0.717, 1.165) is 5.56 Å². The number of halogens is 2. The first-order chi connectivity index (χ1) is 8.70. The van der Waals surface area contributed by atoms with Gasteiger partial charge in [0.1, 0.15) is 0 Å². The zero-order valence-electron chi connectivity index (χ0n) is 9.44. The SMILES string of the molecule is O=[C]N(Cc1ccccc1)c1ccc(Cl)c(Cl)c1. The molecule has 0 saturated carbocycles. The zero-order chi connectivity index (χ0) is 13.0. The van der Waals surface area contributed by atoms with E-state index in [2.05, 4.69) is 0 Å². The fourth-order valence-electron chi connectivity index (χ4n) is 1.60. The predicted molar refractivity (Wildman–Crippen MR) is 74.8 cm³/mol. The molecular formula is C14H10Cl2NO. The van der Waals surface area contributed by atoms with Crippen LogP contribution in [0.3, 0.4) is 0 Å². The molecule has 0 unspecified atom stereocenters. The van der Waals surface area contributed by atoms with E-state index < -0.39 is 0 Å². The van der Waals surface area contributed by atoms with Gasteiger partial charge in [-0.1, -0.05) is 53.5 Å². The van der Waals surface area contributed by atoms with Crippen LogP contribution in [0.15, 0.2) is 48.5 Å². The Bertz CT molecular complexity index is 543. The second-order valence-corrected chi connectivity index (χ2v) is 4.58. The first-order valence-corrected chi connectivity index (χ1v) is 6.10. The van der Waals surface area contributed by atoms with E-state index in [9.17, 15) is 4.79 Å². The summed E-state index contributed by atoms with van der Waals surface area (Å²) in [5.41, 5.74) is 1.69. The lowest BCUT2D eigenvalue weighted by Crippen LogP contribution is -2.20. The van der Waals surface area contributed by atoms with Crippen molar-refractivity contribution in [1.29, 1.82) is 0 Å². The highest BCUT2D eigenvalue weighted by Gasteiger charge is 2.09. The van der Waals surface area contributed by atoms with Gasteiger partial charge in [-0.25, -0.2) is 0 Å². The van der Waals surface area contributed by atoms with Gasteiger partial charge in [-0.15, -0.1) is 0 Å². The molecule has 91 valence electrons. The summed E-state index contributed by atoms with van der Waals surface area (Å²) in [6, 6.07) is 14.7. The van der Waals surface area contributed by atoms with Crippen LogP contribution in [-0.2, 0) is 11.3 Å². The molecule has 4 heteroatoms. The number of amides is 1. The number of anilines is 1. The van der Waals surface area contributed by atoms with Crippen molar-refractivity contribution in [1.82, 2.24) is 0 Å². The summed E-state index contributed by atoms with van der Waals surface area (Å²) in [7, 11) is 0. The van der Waals surface area contributed by atoms with Gasteiger partial charge in [0.2, 0.25) is 0 Å². The summed E-state index contributed by atoms with van der Waals surface area (Å²) < 4.78 is 0. The number of nitrogens with zero attached hydrogens (tertiary/aromatic N) is 1. The Hall–Kier alpha value is -1.51. The molecule has 0 fully saturated rings. The molecule has 1 radical (unpaired) electrons. The lowest BCUT2D eigenvalue weighted by molar-refractivity contribution is 0.551. The Labute approximate surface area is 116 Å². The van der Waals surface area contributed by atoms with Crippen molar-refractivity contribution in [3.05, 3.63) is 64.1 Å². The van der Waals surface area contributed by atoms with Crippen LogP contribution in [0.5, 0.6) is 0 Å². The highest BCUT2D eigenvalue weighted by molar-refractivity contribution is 6.42. The summed E-state index contributed by atoms with van der Waals surface area (Å²) in [5, 5.41) is 0.883. The molecule has 2 rings (SSSR count). The summed E-state index contributed by atoms with van der Waals surface area (Å²) >= 11 is 11.8. The lowest BCUT2D eigenvalue weighted by Gasteiger charge is -2.17. The van der Waals surface area contributed by atoms with E-state index >= 15 is 0 Å². The highest BCUT2D eigenvalue weighted by Crippen LogP contribution is 2.27. The first-order valence-electron chi connectivity index (χ1n) is 5.35. The van der Waals surface area contributed by atoms with E-state index in [1.54, 1.807) is 18.2 Å². The standard InChI is InChI=1S/C14H10Cl2NO/c15-13-7-6-12(8-14(13)16)17(10-18)9-11-4-2-1-3-5-11/h1-8H,9H2. The maximum absolute atomic E-state index is 11.0. The van der Waals surface area contributed by atoms with E-state index in [1.165, 1.54) is 4.90 Å². The number of hydrogen-bond donors (Lipinski definition) is 0. The Balaban J connectivity index is 2.23. The molecule has 2 nitrogen and oxygen atoms in total. The molecule has 0 aliphatic heterocycles. The van der Waals surface area contributed by atoms with Crippen LogP contribution in [0.2, 0.25) is 10.0 Å². The van der Waals surface area contributed by atoms with Crippen molar-refractivity contribution < 1.29 is 4.79 Å². The smallest absolute Gasteiger partial charge is 0.300 e. The number of carbonyl (C=O) groups excluding carboxylic acids is 1. The minimum Gasteiger partial charge on any atom is -0.300 e. The molecule has 2 aromatic carbocycles. The Morgan fingerprint density at radius 2 is 1.72 bits per heavy atom. The quantitative estimate of drug-likeness (QED) is 0.772. The van der Waals surface area contributed by atoms with Gasteiger partial charge in [0, 0.05) is 5.69 Å². The third-order valence-electron chi connectivity index (χ3n) is 2.51. The topological polar surface area (TPSA) is 20.3 Å². The Morgan fingerprint density at radius 1 is 1.00 bits per heavy atom. The van der Waals surface area contributed by atoms with Gasteiger partial charge in [-0.05, 0) is 23.8 Å². The van der Waals surface area contributed by atoms with Crippen LogP contribution >= 0.6 is 23.2 Å². The van der Waals surface area contributed by atoms with Gasteiger partial charge in [-0.2, -0.15) is 0 Å². The normalized spacial score (nSPS) is 10.1. The van der Waals surface area contributed by atoms with E-state index in [0.29, 0.717) is 22.3 Å². The molecule has 1 amide bonds. The van der Waals surface area contributed by atoms with E-state index in [-0.39, 0.29) is 0 Å². The molecule has 0 aliphatic rings. The number of rotatable bonds is 4. The molecule has 0 N–H and O–H groups in total. The van der Waals surface area contributed by atoms with Gasteiger partial charge in [-0.3, -0.25) is 9.69 Å². The molecule has 0 atom stereocenters. The van der Waals surface area contributed by atoms with Gasteiger partial charge in [0.25, 0.3) is 0 Å². The van der Waals surface area contributed by atoms with Crippen LogP contribution < -0.4 is 4.90 Å². The second kappa shape index (κ2) is 5.89. The number of benzene rings is 2. The molecule has 0 heterocycles. The fourth-order valence-corrected chi connectivity index (χ4v) is 1.89. The van der Waals surface area contributed by atoms with Crippen molar-refractivity contribution in [3.63, 3.8) is 0 Å². The molecule has 0 spiro atoms. The van der Waals surface area contributed by atoms with Gasteiger partial charge < -0.3 is 0 Å². The first kappa shape index (κ1) is 12.9. The molecule has 0 aliphatic carbocycles. The van der Waals surface area contributed by atoms with E-state index in [1.807, 2.05) is 36.7 Å². The molecular weight excluding hydrogens is 269 g/mol. The predicted octanol–water partition coefficient (Wildman–Crippen LogP) is 4.07. The monoisotopic (exact) mass is 278 g/mol.